The summed E-state index contributed by atoms with van der Waals surface area (Å²) in [6, 6.07) is 2.38. The van der Waals surface area contributed by atoms with Gasteiger partial charge in [0.15, 0.2) is 0 Å². The highest BCUT2D eigenvalue weighted by atomic mass is 32.1. The van der Waals surface area contributed by atoms with Crippen molar-refractivity contribution in [3.8, 4) is 0 Å². The molecule has 0 bridgehead atoms. The number of rotatable bonds is 8. The van der Waals surface area contributed by atoms with Crippen LogP contribution < -0.4 is 0 Å². The van der Waals surface area contributed by atoms with Gasteiger partial charge in [0.1, 0.15) is 0 Å². The number of thiophene rings is 1. The van der Waals surface area contributed by atoms with E-state index in [-0.39, 0.29) is 0 Å². The van der Waals surface area contributed by atoms with E-state index >= 15 is 0 Å². The van der Waals surface area contributed by atoms with E-state index in [9.17, 15) is 0 Å². The molecule has 0 spiro atoms. The molecule has 1 aromatic heterocycles. The van der Waals surface area contributed by atoms with Crippen LogP contribution in [0.5, 0.6) is 0 Å². The summed E-state index contributed by atoms with van der Waals surface area (Å²) in [6.07, 6.45) is 10.5. The third kappa shape index (κ3) is 6.96. The van der Waals surface area contributed by atoms with E-state index in [2.05, 4.69) is 46.8 Å². The quantitative estimate of drug-likeness (QED) is 0.468. The van der Waals surface area contributed by atoms with Crippen LogP contribution in [0.3, 0.4) is 0 Å². The molecule has 1 heterocycles. The first-order valence-corrected chi connectivity index (χ1v) is 8.55. The van der Waals surface area contributed by atoms with Crippen LogP contribution >= 0.6 is 11.3 Å². The van der Waals surface area contributed by atoms with Crippen molar-refractivity contribution < 1.29 is 0 Å². The lowest BCUT2D eigenvalue weighted by Crippen LogP contribution is -1.88. The van der Waals surface area contributed by atoms with E-state index in [0.717, 1.165) is 5.92 Å². The van der Waals surface area contributed by atoms with E-state index in [1.807, 2.05) is 11.3 Å². The molecule has 1 aromatic rings. The molecule has 0 amide bonds. The molecule has 19 heavy (non-hydrogen) atoms. The number of allylic oxidation sites excluding steroid dienone is 1. The molecular weight excluding hydrogens is 248 g/mol. The molecular formula is C18H30S. The minimum Gasteiger partial charge on any atom is -0.141 e. The average molecular weight is 279 g/mol. The van der Waals surface area contributed by atoms with Crippen molar-refractivity contribution in [2.45, 2.75) is 73.1 Å². The second-order valence-corrected chi connectivity index (χ2v) is 7.50. The van der Waals surface area contributed by atoms with Crippen molar-refractivity contribution >= 4 is 17.4 Å². The van der Waals surface area contributed by atoms with Gasteiger partial charge in [0.2, 0.25) is 0 Å². The number of aryl methyl sites for hydroxylation is 2. The van der Waals surface area contributed by atoms with Crippen molar-refractivity contribution in [3.63, 3.8) is 0 Å². The lowest BCUT2D eigenvalue weighted by molar-refractivity contribution is 0.520. The van der Waals surface area contributed by atoms with Gasteiger partial charge in [0.05, 0.1) is 0 Å². The summed E-state index contributed by atoms with van der Waals surface area (Å²) in [5, 5.41) is 0. The molecule has 108 valence electrons. The van der Waals surface area contributed by atoms with Crippen LogP contribution in [0.15, 0.2) is 11.6 Å². The third-order valence-corrected chi connectivity index (χ3v) is 4.63. The zero-order valence-electron chi connectivity index (χ0n) is 13.4. The van der Waals surface area contributed by atoms with Crippen molar-refractivity contribution in [2.24, 2.45) is 5.92 Å². The summed E-state index contributed by atoms with van der Waals surface area (Å²) in [4.78, 5) is 3.02. The molecule has 0 atom stereocenters. The lowest BCUT2D eigenvalue weighted by Gasteiger charge is -2.03. The SMILES string of the molecule is CC(C)=Cc1sc(CCCCCCC(C)C)cc1C. The molecule has 0 unspecified atom stereocenters. The minimum atomic E-state index is 0.867. The van der Waals surface area contributed by atoms with Gasteiger partial charge in [0.25, 0.3) is 0 Å². The van der Waals surface area contributed by atoms with Crippen LogP contribution in [0.25, 0.3) is 6.08 Å². The Morgan fingerprint density at radius 3 is 2.47 bits per heavy atom. The van der Waals surface area contributed by atoms with E-state index < -0.39 is 0 Å². The molecule has 0 saturated carbocycles. The van der Waals surface area contributed by atoms with Crippen molar-refractivity contribution in [3.05, 3.63) is 27.0 Å². The monoisotopic (exact) mass is 278 g/mol. The zero-order chi connectivity index (χ0) is 14.3. The smallest absolute Gasteiger partial charge is 0.0301 e. The van der Waals surface area contributed by atoms with Crippen molar-refractivity contribution in [1.29, 1.82) is 0 Å². The van der Waals surface area contributed by atoms with Crippen molar-refractivity contribution in [1.82, 2.24) is 0 Å². The van der Waals surface area contributed by atoms with Crippen LogP contribution in [-0.2, 0) is 6.42 Å². The first kappa shape index (κ1) is 16.5. The van der Waals surface area contributed by atoms with E-state index in [1.165, 1.54) is 54.5 Å². The summed E-state index contributed by atoms with van der Waals surface area (Å²) in [7, 11) is 0. The molecule has 0 aromatic carbocycles. The van der Waals surface area contributed by atoms with E-state index in [1.54, 1.807) is 4.88 Å². The molecule has 0 nitrogen and oxygen atoms in total. The van der Waals surface area contributed by atoms with Crippen LogP contribution in [0.1, 0.15) is 75.1 Å². The summed E-state index contributed by atoms with van der Waals surface area (Å²) in [5.41, 5.74) is 2.84. The summed E-state index contributed by atoms with van der Waals surface area (Å²) in [5.74, 6) is 0.867. The van der Waals surface area contributed by atoms with Gasteiger partial charge >= 0.3 is 0 Å². The summed E-state index contributed by atoms with van der Waals surface area (Å²) in [6.45, 7) is 11.2. The molecule has 0 saturated heterocycles. The maximum absolute atomic E-state index is 2.38. The Kier molecular flexibility index (Phi) is 7.45. The lowest BCUT2D eigenvalue weighted by atomic mass is 10.0. The van der Waals surface area contributed by atoms with Crippen molar-refractivity contribution in [2.75, 3.05) is 0 Å². The highest BCUT2D eigenvalue weighted by Gasteiger charge is 2.03. The maximum atomic E-state index is 2.38. The molecule has 0 aliphatic heterocycles. The standard InChI is InChI=1S/C18H30S/c1-14(2)10-8-6-7-9-11-17-13-16(5)18(19-17)12-15(3)4/h12-14H,6-11H2,1-5H3. The predicted molar refractivity (Wildman–Crippen MR) is 90.0 cm³/mol. The fourth-order valence-corrected chi connectivity index (χ4v) is 3.58. The van der Waals surface area contributed by atoms with Crippen LogP contribution in [0, 0.1) is 12.8 Å². The highest BCUT2D eigenvalue weighted by molar-refractivity contribution is 7.13. The van der Waals surface area contributed by atoms with E-state index in [4.69, 9.17) is 0 Å². The zero-order valence-corrected chi connectivity index (χ0v) is 14.2. The van der Waals surface area contributed by atoms with Crippen LogP contribution in [-0.4, -0.2) is 0 Å². The first-order chi connectivity index (χ1) is 8.99. The first-order valence-electron chi connectivity index (χ1n) is 7.73. The topological polar surface area (TPSA) is 0 Å². The maximum Gasteiger partial charge on any atom is 0.0301 e. The molecule has 0 radical (unpaired) electrons. The predicted octanol–water partition coefficient (Wildman–Crippen LogP) is 6.63. The van der Waals surface area contributed by atoms with Crippen LogP contribution in [0.2, 0.25) is 0 Å². The average Bonchev–Trinajstić information content (AvgIpc) is 2.63. The van der Waals surface area contributed by atoms with Gasteiger partial charge in [0, 0.05) is 9.75 Å². The molecule has 0 fully saturated rings. The Labute approximate surface area is 123 Å². The molecule has 1 heteroatoms. The Bertz CT molecular complexity index is 392. The number of hydrogen-bond acceptors (Lipinski definition) is 1. The normalized spacial score (nSPS) is 11.1. The van der Waals surface area contributed by atoms with Gasteiger partial charge in [-0.3, -0.25) is 0 Å². The fourth-order valence-electron chi connectivity index (χ4n) is 2.30. The van der Waals surface area contributed by atoms with E-state index in [0.29, 0.717) is 0 Å². The highest BCUT2D eigenvalue weighted by Crippen LogP contribution is 2.26. The van der Waals surface area contributed by atoms with Gasteiger partial charge < -0.3 is 0 Å². The van der Waals surface area contributed by atoms with Crippen LogP contribution in [0.4, 0.5) is 0 Å². The van der Waals surface area contributed by atoms with Gasteiger partial charge in [-0.2, -0.15) is 0 Å². The fraction of sp³-hybridized carbons (Fsp3) is 0.667. The largest absolute Gasteiger partial charge is 0.141 e. The summed E-state index contributed by atoms with van der Waals surface area (Å²) >= 11 is 1.98. The molecule has 0 aliphatic carbocycles. The molecule has 0 aliphatic rings. The van der Waals surface area contributed by atoms with Gasteiger partial charge in [-0.15, -0.1) is 11.3 Å². The molecule has 0 N–H and O–H groups in total. The van der Waals surface area contributed by atoms with Gasteiger partial charge in [-0.25, -0.2) is 0 Å². The Hall–Kier alpha value is -0.560. The Morgan fingerprint density at radius 1 is 1.16 bits per heavy atom. The second-order valence-electron chi connectivity index (χ2n) is 6.33. The van der Waals surface area contributed by atoms with Gasteiger partial charge in [-0.1, -0.05) is 45.1 Å². The Morgan fingerprint density at radius 2 is 1.84 bits per heavy atom. The molecule has 1 rings (SSSR count). The Balaban J connectivity index is 2.28. The third-order valence-electron chi connectivity index (χ3n) is 3.38. The minimum absolute atomic E-state index is 0.867. The summed E-state index contributed by atoms with van der Waals surface area (Å²) < 4.78 is 0. The van der Waals surface area contributed by atoms with Gasteiger partial charge in [-0.05, 0) is 57.2 Å². The number of unbranched alkanes of at least 4 members (excludes halogenated alkanes) is 3. The number of hydrogen-bond donors (Lipinski definition) is 0. The second kappa shape index (κ2) is 8.58.